The number of benzene rings is 1. The second kappa shape index (κ2) is 5.40. The van der Waals surface area contributed by atoms with Crippen molar-refractivity contribution in [3.8, 4) is 0 Å². The zero-order valence-electron chi connectivity index (χ0n) is 12.0. The number of aliphatic hydroxyl groups excluding tert-OH is 1. The standard InChI is InChI=1S/C15H15NO5/c1-4-12(18)13-10-7-9(15(20)21-3)5-6-11(10)16(8(2)17)14(13)19/h5-7,18H,4H2,1-3H3/b13-12-. The lowest BCUT2D eigenvalue weighted by molar-refractivity contribution is -0.122. The summed E-state index contributed by atoms with van der Waals surface area (Å²) in [5.74, 6) is -1.71. The van der Waals surface area contributed by atoms with Crippen LogP contribution in [-0.4, -0.2) is 30.0 Å². The van der Waals surface area contributed by atoms with Crippen LogP contribution in [0, 0.1) is 0 Å². The Labute approximate surface area is 121 Å². The van der Waals surface area contributed by atoms with Crippen LogP contribution in [0.2, 0.25) is 0 Å². The fourth-order valence-corrected chi connectivity index (χ4v) is 2.28. The molecule has 0 aliphatic carbocycles. The second-order valence-corrected chi connectivity index (χ2v) is 4.56. The fraction of sp³-hybridized carbons (Fsp3) is 0.267. The highest BCUT2D eigenvalue weighted by atomic mass is 16.5. The van der Waals surface area contributed by atoms with Gasteiger partial charge in [-0.25, -0.2) is 9.69 Å². The zero-order chi connectivity index (χ0) is 15.7. The number of carbonyl (C=O) groups excluding carboxylic acids is 3. The van der Waals surface area contributed by atoms with E-state index in [1.54, 1.807) is 6.92 Å². The Kier molecular flexibility index (Phi) is 3.80. The third kappa shape index (κ3) is 2.29. The minimum atomic E-state index is -0.584. The van der Waals surface area contributed by atoms with Crippen LogP contribution in [0.25, 0.3) is 5.57 Å². The minimum absolute atomic E-state index is 0.0495. The second-order valence-electron chi connectivity index (χ2n) is 4.56. The molecule has 0 saturated heterocycles. The van der Waals surface area contributed by atoms with Crippen molar-refractivity contribution in [3.05, 3.63) is 35.1 Å². The fourth-order valence-electron chi connectivity index (χ4n) is 2.28. The first-order valence-electron chi connectivity index (χ1n) is 6.42. The maximum Gasteiger partial charge on any atom is 0.337 e. The first kappa shape index (κ1) is 14.8. The number of amides is 2. The van der Waals surface area contributed by atoms with Gasteiger partial charge < -0.3 is 9.84 Å². The number of fused-ring (bicyclic) bond motifs is 1. The molecule has 6 heteroatoms. The molecular weight excluding hydrogens is 274 g/mol. The van der Waals surface area contributed by atoms with E-state index in [0.29, 0.717) is 11.3 Å². The third-order valence-electron chi connectivity index (χ3n) is 3.28. The molecular formula is C15H15NO5. The number of aliphatic hydroxyl groups is 1. The molecule has 1 aliphatic rings. The Balaban J connectivity index is 2.70. The van der Waals surface area contributed by atoms with E-state index < -0.39 is 17.8 Å². The zero-order valence-corrected chi connectivity index (χ0v) is 12.0. The molecule has 1 heterocycles. The molecule has 0 unspecified atom stereocenters. The maximum absolute atomic E-state index is 12.3. The van der Waals surface area contributed by atoms with Crippen molar-refractivity contribution >= 4 is 29.0 Å². The van der Waals surface area contributed by atoms with Crippen LogP contribution in [0.15, 0.2) is 24.0 Å². The summed E-state index contributed by atoms with van der Waals surface area (Å²) in [5, 5.41) is 9.97. The summed E-state index contributed by atoms with van der Waals surface area (Å²) in [6, 6.07) is 4.42. The van der Waals surface area contributed by atoms with E-state index in [-0.39, 0.29) is 23.3 Å². The first-order valence-corrected chi connectivity index (χ1v) is 6.42. The van der Waals surface area contributed by atoms with E-state index in [2.05, 4.69) is 4.74 Å². The Morgan fingerprint density at radius 3 is 2.52 bits per heavy atom. The predicted octanol–water partition coefficient (Wildman–Crippen LogP) is 2.05. The van der Waals surface area contributed by atoms with Gasteiger partial charge in [0, 0.05) is 18.9 Å². The highest BCUT2D eigenvalue weighted by Gasteiger charge is 2.37. The van der Waals surface area contributed by atoms with E-state index in [1.807, 2.05) is 0 Å². The number of allylic oxidation sites excluding steroid dienone is 1. The van der Waals surface area contributed by atoms with Gasteiger partial charge in [-0.2, -0.15) is 0 Å². The van der Waals surface area contributed by atoms with Gasteiger partial charge in [-0.15, -0.1) is 0 Å². The van der Waals surface area contributed by atoms with Gasteiger partial charge in [0.15, 0.2) is 0 Å². The quantitative estimate of drug-likeness (QED) is 0.511. The monoisotopic (exact) mass is 289 g/mol. The van der Waals surface area contributed by atoms with Crippen molar-refractivity contribution in [2.45, 2.75) is 20.3 Å². The van der Waals surface area contributed by atoms with Crippen molar-refractivity contribution in [2.24, 2.45) is 0 Å². The summed E-state index contributed by atoms with van der Waals surface area (Å²) in [5.41, 5.74) is 1.01. The van der Waals surface area contributed by atoms with E-state index in [1.165, 1.54) is 32.2 Å². The number of nitrogens with zero attached hydrogens (tertiary/aromatic N) is 1. The molecule has 0 bridgehead atoms. The summed E-state index contributed by atoms with van der Waals surface area (Å²) in [6.07, 6.45) is 0.245. The highest BCUT2D eigenvalue weighted by Crippen LogP contribution is 2.39. The third-order valence-corrected chi connectivity index (χ3v) is 3.28. The van der Waals surface area contributed by atoms with Gasteiger partial charge in [-0.05, 0) is 18.2 Å². The van der Waals surface area contributed by atoms with Crippen molar-refractivity contribution in [3.63, 3.8) is 0 Å². The van der Waals surface area contributed by atoms with Crippen LogP contribution in [0.5, 0.6) is 0 Å². The molecule has 0 spiro atoms. The van der Waals surface area contributed by atoms with Crippen LogP contribution < -0.4 is 4.90 Å². The van der Waals surface area contributed by atoms with Crippen LogP contribution in [0.1, 0.15) is 36.2 Å². The largest absolute Gasteiger partial charge is 0.511 e. The number of methoxy groups -OCH3 is 1. The lowest BCUT2D eigenvalue weighted by Crippen LogP contribution is -2.31. The summed E-state index contributed by atoms with van der Waals surface area (Å²) >= 11 is 0. The number of hydrogen-bond acceptors (Lipinski definition) is 5. The van der Waals surface area contributed by atoms with Gasteiger partial charge >= 0.3 is 5.97 Å². The summed E-state index contributed by atoms with van der Waals surface area (Å²) < 4.78 is 4.64. The van der Waals surface area contributed by atoms with Crippen molar-refractivity contribution in [1.29, 1.82) is 0 Å². The summed E-state index contributed by atoms with van der Waals surface area (Å²) in [7, 11) is 1.25. The number of carbonyl (C=O) groups is 3. The smallest absolute Gasteiger partial charge is 0.337 e. The number of rotatable bonds is 2. The molecule has 1 aromatic carbocycles. The average Bonchev–Trinajstić information content (AvgIpc) is 2.76. The lowest BCUT2D eigenvalue weighted by Gasteiger charge is -2.12. The number of imide groups is 1. The molecule has 1 N–H and O–H groups in total. The molecule has 0 atom stereocenters. The molecule has 0 fully saturated rings. The average molecular weight is 289 g/mol. The van der Waals surface area contributed by atoms with Crippen LogP contribution in [0.3, 0.4) is 0 Å². The van der Waals surface area contributed by atoms with Crippen LogP contribution >= 0.6 is 0 Å². The topological polar surface area (TPSA) is 83.9 Å². The van der Waals surface area contributed by atoms with Gasteiger partial charge in [0.1, 0.15) is 5.76 Å². The Hall–Kier alpha value is -2.63. The van der Waals surface area contributed by atoms with Crippen molar-refractivity contribution in [1.82, 2.24) is 0 Å². The summed E-state index contributed by atoms with van der Waals surface area (Å²) in [6.45, 7) is 2.96. The molecule has 1 aliphatic heterocycles. The highest BCUT2D eigenvalue weighted by molar-refractivity contribution is 6.40. The first-order chi connectivity index (χ1) is 9.92. The molecule has 21 heavy (non-hydrogen) atoms. The normalized spacial score (nSPS) is 15.8. The molecule has 2 rings (SSSR count). The number of ether oxygens (including phenoxy) is 1. The lowest BCUT2D eigenvalue weighted by atomic mass is 10.0. The summed E-state index contributed by atoms with van der Waals surface area (Å²) in [4.78, 5) is 36.6. The van der Waals surface area contributed by atoms with Crippen molar-refractivity contribution in [2.75, 3.05) is 12.0 Å². The van der Waals surface area contributed by atoms with Gasteiger partial charge in [0.2, 0.25) is 5.91 Å². The predicted molar refractivity (Wildman–Crippen MR) is 75.8 cm³/mol. The Morgan fingerprint density at radius 1 is 1.33 bits per heavy atom. The van der Waals surface area contributed by atoms with Crippen LogP contribution in [-0.2, 0) is 14.3 Å². The maximum atomic E-state index is 12.3. The van der Waals surface area contributed by atoms with Gasteiger partial charge in [0.25, 0.3) is 5.91 Å². The number of anilines is 1. The van der Waals surface area contributed by atoms with E-state index >= 15 is 0 Å². The molecule has 110 valence electrons. The molecule has 0 radical (unpaired) electrons. The van der Waals surface area contributed by atoms with Gasteiger partial charge in [-0.1, -0.05) is 6.92 Å². The van der Waals surface area contributed by atoms with Gasteiger partial charge in [0.05, 0.1) is 23.9 Å². The Bertz CT molecular complexity index is 675. The number of esters is 1. The van der Waals surface area contributed by atoms with Crippen molar-refractivity contribution < 1.29 is 24.2 Å². The van der Waals surface area contributed by atoms with E-state index in [9.17, 15) is 19.5 Å². The van der Waals surface area contributed by atoms with E-state index in [0.717, 1.165) is 4.90 Å². The molecule has 1 aromatic rings. The molecule has 0 aromatic heterocycles. The molecule has 0 saturated carbocycles. The van der Waals surface area contributed by atoms with E-state index in [4.69, 9.17) is 0 Å². The van der Waals surface area contributed by atoms with Gasteiger partial charge in [-0.3, -0.25) is 9.59 Å². The molecule has 2 amide bonds. The molecule has 6 nitrogen and oxygen atoms in total. The van der Waals surface area contributed by atoms with Crippen LogP contribution in [0.4, 0.5) is 5.69 Å². The Morgan fingerprint density at radius 2 is 2.00 bits per heavy atom. The minimum Gasteiger partial charge on any atom is -0.511 e. The number of hydrogen-bond donors (Lipinski definition) is 1. The SMILES string of the molecule is CC/C(O)=C1/C(=O)N(C(C)=O)c2ccc(C(=O)OC)cc21.